The normalized spacial score (nSPS) is 17.4. The van der Waals surface area contributed by atoms with Gasteiger partial charge in [-0.2, -0.15) is 0 Å². The molecule has 12 heteroatoms. The molecular weight excluding hydrogens is 560 g/mol. The van der Waals surface area contributed by atoms with Crippen molar-refractivity contribution >= 4 is 50.8 Å². The standard InChI is InChI=1S/C25H31BrN6O4S/c1-25(2,3)36-24(33)31-9-5-4-7-15(31)8-6-10-32-22-20(21(27)28-13-29-22)30-23(32)37-19-12-18-17(11-16(19)26)34-14-35-18/h11-13,15H,4-10,14H2,1-3H3,(H2,27,28,29). The van der Waals surface area contributed by atoms with Crippen LogP contribution in [0.25, 0.3) is 11.2 Å². The average Bonchev–Trinajstić information content (AvgIpc) is 3.43. The Morgan fingerprint density at radius 3 is 2.81 bits per heavy atom. The van der Waals surface area contributed by atoms with Gasteiger partial charge in [-0.15, -0.1) is 0 Å². The molecule has 198 valence electrons. The van der Waals surface area contributed by atoms with E-state index in [1.807, 2.05) is 37.8 Å². The first kappa shape index (κ1) is 25.9. The number of benzene rings is 1. The van der Waals surface area contributed by atoms with Gasteiger partial charge in [-0.1, -0.05) is 11.8 Å². The van der Waals surface area contributed by atoms with E-state index >= 15 is 0 Å². The summed E-state index contributed by atoms with van der Waals surface area (Å²) in [6.45, 7) is 7.33. The van der Waals surface area contributed by atoms with Crippen molar-refractivity contribution in [3.63, 3.8) is 0 Å². The number of carbonyl (C=O) groups excluding carboxylic acids is 1. The number of nitrogens with two attached hydrogens (primary N) is 1. The van der Waals surface area contributed by atoms with Crippen molar-refractivity contribution in [1.29, 1.82) is 0 Å². The second kappa shape index (κ2) is 10.6. The predicted octanol–water partition coefficient (Wildman–Crippen LogP) is 5.62. The molecule has 1 atom stereocenters. The Labute approximate surface area is 228 Å². The van der Waals surface area contributed by atoms with E-state index in [9.17, 15) is 4.79 Å². The Morgan fingerprint density at radius 1 is 1.24 bits per heavy atom. The number of anilines is 1. The van der Waals surface area contributed by atoms with Crippen LogP contribution in [0.5, 0.6) is 11.5 Å². The van der Waals surface area contributed by atoms with Crippen molar-refractivity contribution in [2.45, 2.75) is 81.1 Å². The van der Waals surface area contributed by atoms with Crippen LogP contribution in [0.3, 0.4) is 0 Å². The van der Waals surface area contributed by atoms with Gasteiger partial charge in [0.1, 0.15) is 11.9 Å². The molecule has 1 unspecified atom stereocenters. The number of aromatic nitrogens is 4. The van der Waals surface area contributed by atoms with E-state index in [-0.39, 0.29) is 18.9 Å². The summed E-state index contributed by atoms with van der Waals surface area (Å²) in [7, 11) is 0. The lowest BCUT2D eigenvalue weighted by Gasteiger charge is -2.37. The van der Waals surface area contributed by atoms with Crippen LogP contribution in [0.15, 0.2) is 33.0 Å². The highest BCUT2D eigenvalue weighted by Crippen LogP contribution is 2.43. The van der Waals surface area contributed by atoms with Crippen molar-refractivity contribution in [3.8, 4) is 11.5 Å². The summed E-state index contributed by atoms with van der Waals surface area (Å²) in [5.74, 6) is 1.76. The molecule has 1 amide bonds. The molecule has 4 heterocycles. The first-order valence-electron chi connectivity index (χ1n) is 12.4. The summed E-state index contributed by atoms with van der Waals surface area (Å²) < 4.78 is 19.7. The summed E-state index contributed by atoms with van der Waals surface area (Å²) in [5.41, 5.74) is 6.91. The molecule has 0 bridgehead atoms. The Morgan fingerprint density at radius 2 is 2.03 bits per heavy atom. The van der Waals surface area contributed by atoms with E-state index in [0.29, 0.717) is 35.0 Å². The summed E-state index contributed by atoms with van der Waals surface area (Å²) in [6, 6.07) is 3.99. The van der Waals surface area contributed by atoms with Gasteiger partial charge in [-0.25, -0.2) is 19.7 Å². The molecule has 10 nitrogen and oxygen atoms in total. The van der Waals surface area contributed by atoms with Crippen LogP contribution in [0.1, 0.15) is 52.9 Å². The predicted molar refractivity (Wildman–Crippen MR) is 144 cm³/mol. The third-order valence-corrected chi connectivity index (χ3v) is 8.30. The Bertz CT molecular complexity index is 1310. The van der Waals surface area contributed by atoms with E-state index in [2.05, 4.69) is 30.5 Å². The molecule has 1 saturated heterocycles. The fourth-order valence-electron chi connectivity index (χ4n) is 4.64. The maximum atomic E-state index is 12.8. The van der Waals surface area contributed by atoms with Crippen molar-refractivity contribution in [2.75, 3.05) is 19.1 Å². The van der Waals surface area contributed by atoms with Crippen LogP contribution in [0.2, 0.25) is 0 Å². The molecule has 5 rings (SSSR count). The van der Waals surface area contributed by atoms with Gasteiger partial charge >= 0.3 is 6.09 Å². The van der Waals surface area contributed by atoms with Gasteiger partial charge < -0.3 is 29.4 Å². The van der Waals surface area contributed by atoms with E-state index in [1.165, 1.54) is 18.1 Å². The van der Waals surface area contributed by atoms with Gasteiger partial charge in [0.25, 0.3) is 0 Å². The van der Waals surface area contributed by atoms with E-state index in [1.54, 1.807) is 0 Å². The zero-order valence-corrected chi connectivity index (χ0v) is 23.6. The number of piperidine rings is 1. The molecule has 2 aliphatic heterocycles. The third-order valence-electron chi connectivity index (χ3n) is 6.33. The quantitative estimate of drug-likeness (QED) is 0.390. The third kappa shape index (κ3) is 5.74. The fourth-order valence-corrected chi connectivity index (χ4v) is 6.14. The molecule has 2 aromatic heterocycles. The highest BCUT2D eigenvalue weighted by Gasteiger charge is 2.30. The number of halogens is 1. The van der Waals surface area contributed by atoms with Crippen LogP contribution >= 0.6 is 27.7 Å². The highest BCUT2D eigenvalue weighted by atomic mass is 79.9. The molecule has 2 aliphatic rings. The number of hydrogen-bond donors (Lipinski definition) is 1. The molecule has 1 fully saturated rings. The molecule has 0 aliphatic carbocycles. The van der Waals surface area contributed by atoms with Crippen LogP contribution in [-0.4, -0.2) is 55.5 Å². The van der Waals surface area contributed by atoms with E-state index in [4.69, 9.17) is 24.9 Å². The summed E-state index contributed by atoms with van der Waals surface area (Å²) in [5, 5.41) is 0.759. The van der Waals surface area contributed by atoms with Crippen molar-refractivity contribution in [2.24, 2.45) is 0 Å². The molecule has 0 saturated carbocycles. The number of carbonyl (C=O) groups is 1. The van der Waals surface area contributed by atoms with Crippen LogP contribution in [-0.2, 0) is 11.3 Å². The SMILES string of the molecule is CC(C)(C)OC(=O)N1CCCCC1CCCn1c(Sc2cc3c(cc2Br)OCO3)nc2c(N)ncnc21. The summed E-state index contributed by atoms with van der Waals surface area (Å²) >= 11 is 5.14. The van der Waals surface area contributed by atoms with Crippen LogP contribution < -0.4 is 15.2 Å². The topological polar surface area (TPSA) is 118 Å². The minimum Gasteiger partial charge on any atom is -0.454 e. The number of imidazole rings is 1. The molecule has 0 radical (unpaired) electrons. The Balaban J connectivity index is 1.35. The van der Waals surface area contributed by atoms with Gasteiger partial charge in [-0.3, -0.25) is 0 Å². The lowest BCUT2D eigenvalue weighted by Crippen LogP contribution is -2.46. The molecule has 0 spiro atoms. The van der Waals surface area contributed by atoms with E-state index < -0.39 is 5.60 Å². The first-order chi connectivity index (χ1) is 17.7. The molecule has 1 aromatic carbocycles. The van der Waals surface area contributed by atoms with Crippen LogP contribution in [0.4, 0.5) is 10.6 Å². The van der Waals surface area contributed by atoms with Crippen molar-refractivity contribution in [1.82, 2.24) is 24.4 Å². The zero-order chi connectivity index (χ0) is 26.2. The van der Waals surface area contributed by atoms with Crippen LogP contribution in [0, 0.1) is 0 Å². The monoisotopic (exact) mass is 590 g/mol. The number of aryl methyl sites for hydroxylation is 1. The number of nitrogens with zero attached hydrogens (tertiary/aromatic N) is 5. The number of likely N-dealkylation sites (tertiary alicyclic amines) is 1. The summed E-state index contributed by atoms with van der Waals surface area (Å²) in [6.07, 6.45) is 6.03. The zero-order valence-electron chi connectivity index (χ0n) is 21.2. The second-order valence-corrected chi connectivity index (χ2v) is 12.0. The molecule has 37 heavy (non-hydrogen) atoms. The Kier molecular flexibility index (Phi) is 7.39. The molecule has 2 N–H and O–H groups in total. The lowest BCUT2D eigenvalue weighted by atomic mass is 9.98. The van der Waals surface area contributed by atoms with Crippen molar-refractivity contribution < 1.29 is 19.0 Å². The average molecular weight is 592 g/mol. The van der Waals surface area contributed by atoms with Gasteiger partial charge in [-0.05, 0) is 80.9 Å². The largest absolute Gasteiger partial charge is 0.454 e. The smallest absolute Gasteiger partial charge is 0.410 e. The minimum absolute atomic E-state index is 0.150. The maximum Gasteiger partial charge on any atom is 0.410 e. The number of nitrogen functional groups attached to an aromatic ring is 1. The maximum absolute atomic E-state index is 12.8. The minimum atomic E-state index is -0.510. The second-order valence-electron chi connectivity index (χ2n) is 10.2. The number of fused-ring (bicyclic) bond motifs is 2. The summed E-state index contributed by atoms with van der Waals surface area (Å²) in [4.78, 5) is 29.1. The number of rotatable bonds is 6. The fraction of sp³-hybridized carbons (Fsp3) is 0.520. The lowest BCUT2D eigenvalue weighted by molar-refractivity contribution is 0.00851. The van der Waals surface area contributed by atoms with Gasteiger partial charge in [0.15, 0.2) is 33.6 Å². The molecular formula is C25H31BrN6O4S. The van der Waals surface area contributed by atoms with Gasteiger partial charge in [0.2, 0.25) is 6.79 Å². The number of ether oxygens (including phenoxy) is 3. The first-order valence-corrected chi connectivity index (χ1v) is 14.0. The molecule has 3 aromatic rings. The Hall–Kier alpha value is -2.73. The highest BCUT2D eigenvalue weighted by molar-refractivity contribution is 9.10. The van der Waals surface area contributed by atoms with E-state index in [0.717, 1.165) is 53.2 Å². The van der Waals surface area contributed by atoms with Gasteiger partial charge in [0, 0.05) is 28.5 Å². The number of hydrogen-bond acceptors (Lipinski definition) is 9. The van der Waals surface area contributed by atoms with Gasteiger partial charge in [0.05, 0.1) is 0 Å². The number of amides is 1. The van der Waals surface area contributed by atoms with Crippen molar-refractivity contribution in [3.05, 3.63) is 22.9 Å².